The highest BCUT2D eigenvalue weighted by Crippen LogP contribution is 2.21. The van der Waals surface area contributed by atoms with Crippen molar-refractivity contribution in [2.45, 2.75) is 38.7 Å². The molecule has 0 bridgehead atoms. The van der Waals surface area contributed by atoms with Gasteiger partial charge in [0.15, 0.2) is 0 Å². The summed E-state index contributed by atoms with van der Waals surface area (Å²) >= 11 is 0. The Morgan fingerprint density at radius 2 is 1.90 bits per heavy atom. The van der Waals surface area contributed by atoms with Crippen LogP contribution in [0.25, 0.3) is 0 Å². The number of nitrogens with zero attached hydrogens (tertiary/aromatic N) is 1. The lowest BCUT2D eigenvalue weighted by Gasteiger charge is -2.18. The first-order chi connectivity index (χ1) is 14.9. The summed E-state index contributed by atoms with van der Waals surface area (Å²) in [4.78, 5) is 30.0. The number of hydrogen-bond donors (Lipinski definition) is 2. The fourth-order valence-electron chi connectivity index (χ4n) is 3.12. The maximum atomic E-state index is 12.5. The van der Waals surface area contributed by atoms with E-state index >= 15 is 0 Å². The van der Waals surface area contributed by atoms with Gasteiger partial charge in [-0.2, -0.15) is 0 Å². The number of para-hydroxylation sites is 1. The molecule has 1 aliphatic heterocycles. The average Bonchev–Trinajstić information content (AvgIpc) is 3.21. The van der Waals surface area contributed by atoms with E-state index in [9.17, 15) is 9.59 Å². The molecule has 0 fully saturated rings. The van der Waals surface area contributed by atoms with Crippen LogP contribution in [0.5, 0.6) is 11.5 Å². The van der Waals surface area contributed by atoms with Crippen LogP contribution in [-0.4, -0.2) is 44.0 Å². The Labute approximate surface area is 183 Å². The van der Waals surface area contributed by atoms with E-state index in [2.05, 4.69) is 15.8 Å². The van der Waals surface area contributed by atoms with Crippen LogP contribution in [0.2, 0.25) is 0 Å². The van der Waals surface area contributed by atoms with E-state index in [1.165, 1.54) is 0 Å². The van der Waals surface area contributed by atoms with E-state index in [-0.39, 0.29) is 18.4 Å². The summed E-state index contributed by atoms with van der Waals surface area (Å²) in [5, 5.41) is 9.45. The van der Waals surface area contributed by atoms with E-state index in [4.69, 9.17) is 17.4 Å². The zero-order valence-corrected chi connectivity index (χ0v) is 17.7. The second-order valence-electron chi connectivity index (χ2n) is 7.83. The zero-order valence-electron chi connectivity index (χ0n) is 17.7. The predicted molar refractivity (Wildman–Crippen MR) is 119 cm³/mol. The lowest BCUT2D eigenvalue weighted by atomic mass is 9.88. The number of amides is 2. The first kappa shape index (κ1) is 22.4. The summed E-state index contributed by atoms with van der Waals surface area (Å²) in [6.07, 6.45) is 0.250. The molecule has 160 valence electrons. The Hall–Kier alpha value is -3.29. The monoisotopic (exact) mass is 419 g/mol. The second kappa shape index (κ2) is 10.7. The molecule has 8 heteroatoms. The molecule has 0 saturated heterocycles. The van der Waals surface area contributed by atoms with Gasteiger partial charge in [-0.1, -0.05) is 43.3 Å². The molecule has 2 atom stereocenters. The third-order valence-corrected chi connectivity index (χ3v) is 4.60. The van der Waals surface area contributed by atoms with Crippen LogP contribution in [0.4, 0.5) is 0 Å². The van der Waals surface area contributed by atoms with Gasteiger partial charge in [0.05, 0.1) is 20.1 Å². The van der Waals surface area contributed by atoms with Gasteiger partial charge in [0, 0.05) is 12.0 Å². The highest BCUT2D eigenvalue weighted by molar-refractivity contribution is 6.13. The smallest absolute Gasteiger partial charge is 0.263 e. The average molecular weight is 419 g/mol. The van der Waals surface area contributed by atoms with Crippen LogP contribution >= 0.6 is 0 Å². The molecule has 1 heterocycles. The molecule has 2 radical (unpaired) electrons. The lowest BCUT2D eigenvalue weighted by molar-refractivity contribution is -0.131. The van der Waals surface area contributed by atoms with E-state index in [1.807, 2.05) is 44.2 Å². The SMILES string of the molecule is [B][C@H](CC(C)C)NC(=O)C1CC(CNC(=O)c2cccc(Oc3ccccc3)c2)=NO1. The normalized spacial score (nSPS) is 16.2. The molecular formula is C23H26BN3O4. The van der Waals surface area contributed by atoms with Crippen LogP contribution in [0, 0.1) is 5.92 Å². The first-order valence-corrected chi connectivity index (χ1v) is 10.3. The topological polar surface area (TPSA) is 89.0 Å². The number of carbonyl (C=O) groups is 2. The molecular weight excluding hydrogens is 393 g/mol. The Bertz CT molecular complexity index is 933. The molecule has 2 N–H and O–H groups in total. The van der Waals surface area contributed by atoms with Crippen molar-refractivity contribution >= 4 is 25.4 Å². The number of benzene rings is 2. The fourth-order valence-corrected chi connectivity index (χ4v) is 3.12. The van der Waals surface area contributed by atoms with Crippen molar-refractivity contribution in [3.63, 3.8) is 0 Å². The van der Waals surface area contributed by atoms with E-state index in [0.29, 0.717) is 41.5 Å². The Morgan fingerprint density at radius 3 is 2.65 bits per heavy atom. The maximum Gasteiger partial charge on any atom is 0.263 e. The molecule has 2 aromatic carbocycles. The molecule has 0 aliphatic carbocycles. The number of carbonyl (C=O) groups excluding carboxylic acids is 2. The van der Waals surface area contributed by atoms with Crippen LogP contribution in [0.15, 0.2) is 59.8 Å². The molecule has 0 saturated carbocycles. The minimum Gasteiger partial charge on any atom is -0.457 e. The number of hydrogen-bond acceptors (Lipinski definition) is 5. The minimum absolute atomic E-state index is 0.185. The van der Waals surface area contributed by atoms with Crippen molar-refractivity contribution in [3.05, 3.63) is 60.2 Å². The van der Waals surface area contributed by atoms with Gasteiger partial charge in [-0.25, -0.2) is 0 Å². The summed E-state index contributed by atoms with van der Waals surface area (Å²) in [5.41, 5.74) is 1.05. The van der Waals surface area contributed by atoms with Gasteiger partial charge in [0.25, 0.3) is 11.8 Å². The Balaban J connectivity index is 1.47. The summed E-state index contributed by atoms with van der Waals surface area (Å²) in [5.74, 6) is 0.630. The number of nitrogens with one attached hydrogen (secondary N) is 2. The van der Waals surface area contributed by atoms with Crippen molar-refractivity contribution in [1.82, 2.24) is 10.6 Å². The van der Waals surface area contributed by atoms with Gasteiger partial charge in [0.1, 0.15) is 11.5 Å². The molecule has 1 unspecified atom stereocenters. The van der Waals surface area contributed by atoms with E-state index in [1.54, 1.807) is 24.3 Å². The number of oxime groups is 1. The van der Waals surface area contributed by atoms with Gasteiger partial charge in [-0.15, -0.1) is 0 Å². The van der Waals surface area contributed by atoms with Crippen molar-refractivity contribution in [2.75, 3.05) is 6.54 Å². The van der Waals surface area contributed by atoms with Crippen LogP contribution < -0.4 is 15.4 Å². The Morgan fingerprint density at radius 1 is 1.16 bits per heavy atom. The standard InChI is InChI=1S/C23H26BN3O4/c1-15(2)11-21(24)26-23(29)20-13-17(27-31-20)14-25-22(28)16-7-6-10-19(12-16)30-18-8-4-3-5-9-18/h3-10,12,15,20-21H,11,13-14H2,1-2H3,(H,25,28)(H,26,29)/t20?,21-/m0/s1. The predicted octanol–water partition coefficient (Wildman–Crippen LogP) is 3.01. The van der Waals surface area contributed by atoms with Crippen molar-refractivity contribution in [2.24, 2.45) is 11.1 Å². The van der Waals surface area contributed by atoms with Gasteiger partial charge in [-0.05, 0) is 48.6 Å². The van der Waals surface area contributed by atoms with E-state index in [0.717, 1.165) is 0 Å². The summed E-state index contributed by atoms with van der Waals surface area (Å²) in [6.45, 7) is 4.25. The summed E-state index contributed by atoms with van der Waals surface area (Å²) in [6, 6.07) is 16.2. The van der Waals surface area contributed by atoms with Gasteiger partial charge < -0.3 is 20.2 Å². The van der Waals surface area contributed by atoms with Crippen molar-refractivity contribution in [1.29, 1.82) is 0 Å². The third-order valence-electron chi connectivity index (χ3n) is 4.60. The highest BCUT2D eigenvalue weighted by Gasteiger charge is 2.29. The van der Waals surface area contributed by atoms with Crippen LogP contribution in [0.1, 0.15) is 37.0 Å². The summed E-state index contributed by atoms with van der Waals surface area (Å²) < 4.78 is 5.76. The maximum absolute atomic E-state index is 12.5. The lowest BCUT2D eigenvalue weighted by Crippen LogP contribution is -2.42. The molecule has 31 heavy (non-hydrogen) atoms. The first-order valence-electron chi connectivity index (χ1n) is 10.3. The van der Waals surface area contributed by atoms with Gasteiger partial charge >= 0.3 is 0 Å². The highest BCUT2D eigenvalue weighted by atomic mass is 16.6. The molecule has 0 spiro atoms. The zero-order chi connectivity index (χ0) is 22.2. The molecule has 3 rings (SSSR count). The molecule has 0 aromatic heterocycles. The third kappa shape index (κ3) is 6.88. The fraction of sp³-hybridized carbons (Fsp3) is 0.348. The Kier molecular flexibility index (Phi) is 7.70. The summed E-state index contributed by atoms with van der Waals surface area (Å²) in [7, 11) is 5.91. The minimum atomic E-state index is -0.729. The van der Waals surface area contributed by atoms with E-state index < -0.39 is 12.0 Å². The molecule has 1 aliphatic rings. The number of rotatable bonds is 9. The number of ether oxygens (including phenoxy) is 1. The quantitative estimate of drug-likeness (QED) is 0.612. The van der Waals surface area contributed by atoms with Gasteiger partial charge in [-0.3, -0.25) is 9.59 Å². The van der Waals surface area contributed by atoms with Crippen LogP contribution in [0.3, 0.4) is 0 Å². The molecule has 2 aromatic rings. The van der Waals surface area contributed by atoms with Crippen LogP contribution in [-0.2, 0) is 9.63 Å². The van der Waals surface area contributed by atoms with Crippen molar-refractivity contribution < 1.29 is 19.2 Å². The van der Waals surface area contributed by atoms with Crippen molar-refractivity contribution in [3.8, 4) is 11.5 Å². The van der Waals surface area contributed by atoms with Gasteiger partial charge in [0.2, 0.25) is 6.10 Å². The molecule has 2 amide bonds. The second-order valence-corrected chi connectivity index (χ2v) is 7.83. The largest absolute Gasteiger partial charge is 0.457 e. The molecule has 7 nitrogen and oxygen atoms in total.